The molecule has 10 heteroatoms. The highest BCUT2D eigenvalue weighted by atomic mass is 32.2. The lowest BCUT2D eigenvalue weighted by atomic mass is 10.1. The first kappa shape index (κ1) is 23.5. The zero-order valence-electron chi connectivity index (χ0n) is 18.5. The molecule has 0 radical (unpaired) electrons. The van der Waals surface area contributed by atoms with Crippen molar-refractivity contribution in [3.63, 3.8) is 0 Å². The van der Waals surface area contributed by atoms with E-state index in [2.05, 4.69) is 6.58 Å². The van der Waals surface area contributed by atoms with Crippen molar-refractivity contribution in [2.75, 3.05) is 23.8 Å². The molecule has 1 unspecified atom stereocenters. The molecule has 1 aliphatic carbocycles. The first-order chi connectivity index (χ1) is 15.2. The third-order valence-electron chi connectivity index (χ3n) is 5.96. The summed E-state index contributed by atoms with van der Waals surface area (Å²) in [5.74, 6) is 0.395. The van der Waals surface area contributed by atoms with Gasteiger partial charge in [-0.25, -0.2) is 13.4 Å². The Balaban J connectivity index is 1.59. The molecule has 7 nitrogen and oxygen atoms in total. The van der Waals surface area contributed by atoms with Gasteiger partial charge in [0, 0.05) is 24.0 Å². The van der Waals surface area contributed by atoms with Crippen molar-refractivity contribution < 1.29 is 13.2 Å². The molecule has 1 amide bonds. The first-order valence-corrected chi connectivity index (χ1v) is 14.6. The molecule has 4 rings (SSSR count). The minimum atomic E-state index is -3.09. The van der Waals surface area contributed by atoms with Crippen molar-refractivity contribution in [3.05, 3.63) is 33.4 Å². The van der Waals surface area contributed by atoms with E-state index in [0.717, 1.165) is 35.0 Å². The van der Waals surface area contributed by atoms with Gasteiger partial charge in [0.25, 0.3) is 5.56 Å². The molecular weight excluding hydrogens is 466 g/mol. The predicted molar refractivity (Wildman–Crippen MR) is 130 cm³/mol. The summed E-state index contributed by atoms with van der Waals surface area (Å²) >= 11 is 2.83. The van der Waals surface area contributed by atoms with Gasteiger partial charge in [0.15, 0.2) is 15.0 Å². The number of hydrogen-bond donors (Lipinski definition) is 0. The fourth-order valence-corrected chi connectivity index (χ4v) is 8.46. The minimum absolute atomic E-state index is 0.0300. The van der Waals surface area contributed by atoms with Gasteiger partial charge in [-0.1, -0.05) is 31.7 Å². The number of fused-ring (bicyclic) bond motifs is 3. The molecule has 1 fully saturated rings. The molecule has 2 aromatic heterocycles. The number of thiophene rings is 1. The third-order valence-corrected chi connectivity index (χ3v) is 9.85. The molecule has 0 aromatic carbocycles. The van der Waals surface area contributed by atoms with Gasteiger partial charge in [-0.05, 0) is 37.2 Å². The van der Waals surface area contributed by atoms with Crippen LogP contribution in [-0.4, -0.2) is 58.6 Å². The van der Waals surface area contributed by atoms with Gasteiger partial charge >= 0.3 is 0 Å². The summed E-state index contributed by atoms with van der Waals surface area (Å²) < 4.78 is 25.5. The van der Waals surface area contributed by atoms with Crippen LogP contribution in [0.25, 0.3) is 10.2 Å². The van der Waals surface area contributed by atoms with Crippen LogP contribution < -0.4 is 5.56 Å². The molecule has 32 heavy (non-hydrogen) atoms. The van der Waals surface area contributed by atoms with Gasteiger partial charge in [-0.15, -0.1) is 17.9 Å². The van der Waals surface area contributed by atoms with E-state index in [1.807, 2.05) is 13.8 Å². The summed E-state index contributed by atoms with van der Waals surface area (Å²) in [6.07, 6.45) is 5.14. The van der Waals surface area contributed by atoms with Crippen molar-refractivity contribution in [2.45, 2.75) is 57.3 Å². The highest BCUT2D eigenvalue weighted by Crippen LogP contribution is 2.35. The topological polar surface area (TPSA) is 89.3 Å². The Hall–Kier alpha value is -1.65. The molecule has 174 valence electrons. The quantitative estimate of drug-likeness (QED) is 0.318. The Morgan fingerprint density at radius 2 is 2.19 bits per heavy atom. The Labute approximate surface area is 196 Å². The molecule has 1 atom stereocenters. The van der Waals surface area contributed by atoms with Gasteiger partial charge in [0.2, 0.25) is 5.91 Å². The van der Waals surface area contributed by atoms with Gasteiger partial charge in [0.1, 0.15) is 4.83 Å². The number of aryl methyl sites for hydroxylation is 2. The first-order valence-electron chi connectivity index (χ1n) is 11.0. The molecule has 0 saturated carbocycles. The van der Waals surface area contributed by atoms with Gasteiger partial charge < -0.3 is 4.90 Å². The molecular formula is C22H29N3O4S3. The normalized spacial score (nSPS) is 19.5. The average Bonchev–Trinajstić information content (AvgIpc) is 3.40. The lowest BCUT2D eigenvalue weighted by Gasteiger charge is -2.30. The largest absolute Gasteiger partial charge is 0.338 e. The van der Waals surface area contributed by atoms with E-state index in [1.165, 1.54) is 16.6 Å². The van der Waals surface area contributed by atoms with Crippen molar-refractivity contribution in [1.29, 1.82) is 0 Å². The summed E-state index contributed by atoms with van der Waals surface area (Å²) in [7, 11) is -3.09. The Morgan fingerprint density at radius 1 is 1.41 bits per heavy atom. The summed E-state index contributed by atoms with van der Waals surface area (Å²) in [6, 6.07) is -0.276. The number of hydrogen-bond acceptors (Lipinski definition) is 7. The monoisotopic (exact) mass is 495 g/mol. The van der Waals surface area contributed by atoms with E-state index in [1.54, 1.807) is 26.9 Å². The number of nitrogens with zero attached hydrogens (tertiary/aromatic N) is 3. The highest BCUT2D eigenvalue weighted by Gasteiger charge is 2.35. The second-order valence-corrected chi connectivity index (χ2v) is 13.2. The second kappa shape index (κ2) is 9.30. The van der Waals surface area contributed by atoms with E-state index in [4.69, 9.17) is 4.98 Å². The Bertz CT molecular complexity index is 1210. The van der Waals surface area contributed by atoms with E-state index in [9.17, 15) is 18.0 Å². The number of rotatable bonds is 8. The van der Waals surface area contributed by atoms with Gasteiger partial charge in [-0.2, -0.15) is 0 Å². The maximum atomic E-state index is 13.3. The van der Waals surface area contributed by atoms with Crippen LogP contribution >= 0.6 is 23.1 Å². The molecule has 0 bridgehead atoms. The fraction of sp³-hybridized carbons (Fsp3) is 0.591. The van der Waals surface area contributed by atoms with Crippen LogP contribution in [0.15, 0.2) is 22.6 Å². The summed E-state index contributed by atoms with van der Waals surface area (Å²) in [4.78, 5) is 34.9. The van der Waals surface area contributed by atoms with Gasteiger partial charge in [-0.3, -0.25) is 14.2 Å². The van der Waals surface area contributed by atoms with Crippen LogP contribution in [0, 0.1) is 5.92 Å². The SMILES string of the molecule is C=CCn1c(SCC(=O)N(CC(C)C)C2CCS(=O)(=O)C2)nc2sc3c(c2c1=O)CCC3. The summed E-state index contributed by atoms with van der Waals surface area (Å²) in [5.41, 5.74) is 1.07. The maximum absolute atomic E-state index is 13.3. The lowest BCUT2D eigenvalue weighted by Crippen LogP contribution is -2.44. The molecule has 2 aromatic rings. The lowest BCUT2D eigenvalue weighted by molar-refractivity contribution is -0.130. The molecule has 2 aliphatic rings. The predicted octanol–water partition coefficient (Wildman–Crippen LogP) is 2.90. The van der Waals surface area contributed by atoms with Crippen LogP contribution in [0.3, 0.4) is 0 Å². The summed E-state index contributed by atoms with van der Waals surface area (Å²) in [6.45, 7) is 8.66. The number of allylic oxidation sites excluding steroid dienone is 1. The van der Waals surface area contributed by atoms with Crippen LogP contribution in [0.1, 0.15) is 37.1 Å². The fourth-order valence-electron chi connectivity index (χ4n) is 4.54. The van der Waals surface area contributed by atoms with Crippen LogP contribution in [0.5, 0.6) is 0 Å². The Morgan fingerprint density at radius 3 is 2.84 bits per heavy atom. The van der Waals surface area contributed by atoms with E-state index in [-0.39, 0.29) is 40.7 Å². The van der Waals surface area contributed by atoms with Crippen LogP contribution in [-0.2, 0) is 34.0 Å². The van der Waals surface area contributed by atoms with Crippen LogP contribution in [0.2, 0.25) is 0 Å². The number of thioether (sulfide) groups is 1. The van der Waals surface area contributed by atoms with Crippen molar-refractivity contribution in [3.8, 4) is 0 Å². The third kappa shape index (κ3) is 4.68. The highest BCUT2D eigenvalue weighted by molar-refractivity contribution is 7.99. The van der Waals surface area contributed by atoms with Crippen LogP contribution in [0.4, 0.5) is 0 Å². The second-order valence-electron chi connectivity index (χ2n) is 8.92. The van der Waals surface area contributed by atoms with E-state index in [0.29, 0.717) is 24.7 Å². The van der Waals surface area contributed by atoms with Crippen molar-refractivity contribution in [2.24, 2.45) is 5.92 Å². The van der Waals surface area contributed by atoms with Crippen molar-refractivity contribution in [1.82, 2.24) is 14.5 Å². The number of aromatic nitrogens is 2. The van der Waals surface area contributed by atoms with E-state index >= 15 is 0 Å². The number of amides is 1. The van der Waals surface area contributed by atoms with Gasteiger partial charge in [0.05, 0.1) is 22.6 Å². The minimum Gasteiger partial charge on any atom is -0.338 e. The number of carbonyl (C=O) groups excluding carboxylic acids is 1. The molecule has 0 spiro atoms. The molecule has 1 aliphatic heterocycles. The smallest absolute Gasteiger partial charge is 0.263 e. The number of carbonyl (C=O) groups is 1. The molecule has 0 N–H and O–H groups in total. The average molecular weight is 496 g/mol. The molecule has 3 heterocycles. The zero-order chi connectivity index (χ0) is 23.0. The molecule has 1 saturated heterocycles. The maximum Gasteiger partial charge on any atom is 0.263 e. The Kier molecular flexibility index (Phi) is 6.84. The zero-order valence-corrected chi connectivity index (χ0v) is 21.0. The van der Waals surface area contributed by atoms with E-state index < -0.39 is 9.84 Å². The summed E-state index contributed by atoms with van der Waals surface area (Å²) in [5, 5.41) is 1.23. The standard InChI is InChI=1S/C22H29N3O4S3/c1-4-9-24-21(27)19-16-6-5-7-17(16)31-20(19)23-22(24)30-12-18(26)25(11-14(2)3)15-8-10-32(28,29)13-15/h4,14-15H,1,5-13H2,2-3H3. The number of sulfone groups is 1. The van der Waals surface area contributed by atoms with Crippen molar-refractivity contribution >= 4 is 49.1 Å².